The van der Waals surface area contributed by atoms with Crippen LogP contribution in [0, 0.1) is 11.7 Å². The number of amidine groups is 1. The number of ether oxygens (including phenoxy) is 1. The smallest absolute Gasteiger partial charge is 0.379 e. The summed E-state index contributed by atoms with van der Waals surface area (Å²) in [5.74, 6) is 0.102. The van der Waals surface area contributed by atoms with E-state index >= 15 is 0 Å². The topological polar surface area (TPSA) is 50.8 Å². The van der Waals surface area contributed by atoms with Crippen LogP contribution in [0.3, 0.4) is 0 Å². The molecule has 0 unspecified atom stereocenters. The van der Waals surface area contributed by atoms with Gasteiger partial charge in [-0.3, -0.25) is 0 Å². The summed E-state index contributed by atoms with van der Waals surface area (Å²) in [6.45, 7) is 1.76. The SMILES string of the molecule is C[C@H]1OC[C@]2(c3cc(N4C=CC=C(C(F)(F)F)C4)ccc3F)N=C(N)SC[C@H]12. The molecule has 0 amide bonds. The lowest BCUT2D eigenvalue weighted by atomic mass is 9.79. The molecule has 3 aliphatic heterocycles. The molecule has 0 radical (unpaired) electrons. The van der Waals surface area contributed by atoms with Gasteiger partial charge in [-0.15, -0.1) is 0 Å². The van der Waals surface area contributed by atoms with Gasteiger partial charge in [0.15, 0.2) is 5.17 Å². The predicted molar refractivity (Wildman–Crippen MR) is 102 cm³/mol. The molecule has 0 saturated carbocycles. The molecule has 0 aromatic heterocycles. The molecule has 1 aromatic rings. The van der Waals surface area contributed by atoms with Crippen LogP contribution in [0.4, 0.5) is 23.2 Å². The van der Waals surface area contributed by atoms with Gasteiger partial charge in [0.1, 0.15) is 11.4 Å². The molecular weight excluding hydrogens is 394 g/mol. The second kappa shape index (κ2) is 6.81. The van der Waals surface area contributed by atoms with Gasteiger partial charge in [0.2, 0.25) is 0 Å². The summed E-state index contributed by atoms with van der Waals surface area (Å²) in [7, 11) is 0. The number of nitrogens with zero attached hydrogens (tertiary/aromatic N) is 2. The fourth-order valence-corrected chi connectivity index (χ4v) is 5.06. The monoisotopic (exact) mass is 413 g/mol. The zero-order valence-corrected chi connectivity index (χ0v) is 15.9. The van der Waals surface area contributed by atoms with E-state index in [0.717, 1.165) is 6.08 Å². The average molecular weight is 413 g/mol. The lowest BCUT2D eigenvalue weighted by Gasteiger charge is -2.36. The van der Waals surface area contributed by atoms with Gasteiger partial charge in [-0.25, -0.2) is 9.38 Å². The zero-order valence-electron chi connectivity index (χ0n) is 15.0. The minimum Gasteiger partial charge on any atom is -0.379 e. The number of nitrogens with two attached hydrogens (primary N) is 1. The Balaban J connectivity index is 1.74. The number of alkyl halides is 3. The summed E-state index contributed by atoms with van der Waals surface area (Å²) in [5.41, 5.74) is 5.08. The van der Waals surface area contributed by atoms with Crippen LogP contribution in [0.5, 0.6) is 0 Å². The van der Waals surface area contributed by atoms with Gasteiger partial charge >= 0.3 is 6.18 Å². The number of halogens is 4. The van der Waals surface area contributed by atoms with Crippen molar-refractivity contribution in [2.75, 3.05) is 23.8 Å². The van der Waals surface area contributed by atoms with E-state index in [1.807, 2.05) is 6.92 Å². The minimum absolute atomic E-state index is 0.0721. The molecule has 2 N–H and O–H groups in total. The summed E-state index contributed by atoms with van der Waals surface area (Å²) in [5, 5.41) is 0.360. The first-order valence-electron chi connectivity index (χ1n) is 8.82. The van der Waals surface area contributed by atoms with E-state index < -0.39 is 23.1 Å². The number of aliphatic imine (C=N–C) groups is 1. The number of hydrogen-bond donors (Lipinski definition) is 1. The molecule has 3 atom stereocenters. The number of anilines is 1. The fraction of sp³-hybridized carbons (Fsp3) is 0.421. The van der Waals surface area contributed by atoms with Crippen molar-refractivity contribution >= 4 is 22.6 Å². The molecule has 0 spiro atoms. The fourth-order valence-electron chi connectivity index (χ4n) is 3.94. The first kappa shape index (κ1) is 19.3. The Kier molecular flexibility index (Phi) is 4.70. The van der Waals surface area contributed by atoms with Crippen LogP contribution in [0.25, 0.3) is 0 Å². The van der Waals surface area contributed by atoms with Crippen LogP contribution in [-0.2, 0) is 10.3 Å². The molecule has 150 valence electrons. The minimum atomic E-state index is -4.41. The summed E-state index contributed by atoms with van der Waals surface area (Å²) in [4.78, 5) is 6.01. The van der Waals surface area contributed by atoms with Crippen molar-refractivity contribution in [1.29, 1.82) is 0 Å². The van der Waals surface area contributed by atoms with Crippen molar-refractivity contribution in [1.82, 2.24) is 0 Å². The highest BCUT2D eigenvalue weighted by molar-refractivity contribution is 8.13. The summed E-state index contributed by atoms with van der Waals surface area (Å²) >= 11 is 1.40. The van der Waals surface area contributed by atoms with Crippen molar-refractivity contribution in [3.05, 3.63) is 53.5 Å². The summed E-state index contributed by atoms with van der Waals surface area (Å²) < 4.78 is 59.9. The molecule has 0 bridgehead atoms. The van der Waals surface area contributed by atoms with Crippen molar-refractivity contribution in [3.63, 3.8) is 0 Å². The average Bonchev–Trinajstić information content (AvgIpc) is 2.98. The van der Waals surface area contributed by atoms with Gasteiger partial charge in [0, 0.05) is 29.1 Å². The molecule has 1 saturated heterocycles. The van der Waals surface area contributed by atoms with E-state index in [9.17, 15) is 17.6 Å². The van der Waals surface area contributed by atoms with Crippen molar-refractivity contribution in [3.8, 4) is 0 Å². The molecular formula is C19H19F4N3OS. The highest BCUT2D eigenvalue weighted by Crippen LogP contribution is 2.48. The van der Waals surface area contributed by atoms with E-state index in [0.29, 0.717) is 22.2 Å². The Labute approximate surface area is 164 Å². The molecule has 0 aliphatic carbocycles. The third kappa shape index (κ3) is 3.20. The van der Waals surface area contributed by atoms with E-state index in [1.54, 1.807) is 12.3 Å². The molecule has 1 fully saturated rings. The van der Waals surface area contributed by atoms with Gasteiger partial charge in [-0.1, -0.05) is 17.8 Å². The van der Waals surface area contributed by atoms with E-state index in [2.05, 4.69) is 4.99 Å². The third-order valence-electron chi connectivity index (χ3n) is 5.48. The third-order valence-corrected chi connectivity index (χ3v) is 6.40. The Hall–Kier alpha value is -2.00. The van der Waals surface area contributed by atoms with Crippen LogP contribution in [0.1, 0.15) is 12.5 Å². The number of fused-ring (bicyclic) bond motifs is 1. The highest BCUT2D eigenvalue weighted by atomic mass is 32.2. The van der Waals surface area contributed by atoms with Crippen LogP contribution < -0.4 is 10.6 Å². The van der Waals surface area contributed by atoms with E-state index in [-0.39, 0.29) is 25.2 Å². The molecule has 3 heterocycles. The zero-order chi connectivity index (χ0) is 20.1. The molecule has 4 nitrogen and oxygen atoms in total. The Morgan fingerprint density at radius 2 is 2.14 bits per heavy atom. The second-order valence-corrected chi connectivity index (χ2v) is 8.17. The number of thioether (sulfide) groups is 1. The predicted octanol–water partition coefficient (Wildman–Crippen LogP) is 3.94. The van der Waals surface area contributed by atoms with Gasteiger partial charge in [-0.05, 0) is 31.2 Å². The van der Waals surface area contributed by atoms with Crippen molar-refractivity contribution < 1.29 is 22.3 Å². The molecule has 3 aliphatic rings. The summed E-state index contributed by atoms with van der Waals surface area (Å²) in [6, 6.07) is 4.31. The van der Waals surface area contributed by atoms with Gasteiger partial charge in [-0.2, -0.15) is 13.2 Å². The molecule has 4 rings (SSSR count). The Morgan fingerprint density at radius 1 is 1.36 bits per heavy atom. The molecule has 9 heteroatoms. The standard InChI is InChI=1S/C19H19F4N3OS/c1-11-15-9-28-17(24)25-18(15,10-27-11)14-7-13(4-5-16(14)20)26-6-2-3-12(8-26)19(21,22)23/h2-7,11,15H,8-10H2,1H3,(H2,24,25)/t11-,15-,18-/m1/s1. The Bertz CT molecular complexity index is 882. The molecule has 28 heavy (non-hydrogen) atoms. The maximum absolute atomic E-state index is 14.9. The number of benzene rings is 1. The van der Waals surface area contributed by atoms with Crippen molar-refractivity contribution in [2.24, 2.45) is 16.6 Å². The van der Waals surface area contributed by atoms with Gasteiger partial charge in [0.05, 0.1) is 24.8 Å². The lowest BCUT2D eigenvalue weighted by molar-refractivity contribution is -0.0923. The van der Waals surface area contributed by atoms with E-state index in [4.69, 9.17) is 10.5 Å². The molecule has 1 aromatic carbocycles. The lowest BCUT2D eigenvalue weighted by Crippen LogP contribution is -2.42. The number of rotatable bonds is 2. The summed E-state index contributed by atoms with van der Waals surface area (Å²) in [6.07, 6.45) is -0.606. The van der Waals surface area contributed by atoms with Crippen LogP contribution >= 0.6 is 11.8 Å². The van der Waals surface area contributed by atoms with Crippen LogP contribution in [0.2, 0.25) is 0 Å². The number of hydrogen-bond acceptors (Lipinski definition) is 5. The largest absolute Gasteiger partial charge is 0.414 e. The maximum Gasteiger partial charge on any atom is 0.414 e. The van der Waals surface area contributed by atoms with Gasteiger partial charge < -0.3 is 15.4 Å². The van der Waals surface area contributed by atoms with Crippen LogP contribution in [0.15, 0.2) is 47.1 Å². The quantitative estimate of drug-likeness (QED) is 0.747. The Morgan fingerprint density at radius 3 is 2.89 bits per heavy atom. The first-order chi connectivity index (χ1) is 13.2. The van der Waals surface area contributed by atoms with Crippen molar-refractivity contribution in [2.45, 2.75) is 24.7 Å². The van der Waals surface area contributed by atoms with Crippen LogP contribution in [-0.4, -0.2) is 36.4 Å². The second-order valence-electron chi connectivity index (χ2n) is 7.13. The van der Waals surface area contributed by atoms with Gasteiger partial charge in [0.25, 0.3) is 0 Å². The highest BCUT2D eigenvalue weighted by Gasteiger charge is 2.52. The number of allylic oxidation sites excluding steroid dienone is 2. The normalized spacial score (nSPS) is 30.1. The maximum atomic E-state index is 14.9. The first-order valence-corrected chi connectivity index (χ1v) is 9.80. The van der Waals surface area contributed by atoms with E-state index in [1.165, 1.54) is 34.9 Å².